The number of rotatable bonds is 6. The van der Waals surface area contributed by atoms with E-state index in [-0.39, 0.29) is 10.7 Å². The van der Waals surface area contributed by atoms with Crippen LogP contribution in [0.1, 0.15) is 33.8 Å². The third kappa shape index (κ3) is 4.87. The highest BCUT2D eigenvalue weighted by atomic mass is 32.2. The number of hydrogen-bond acceptors (Lipinski definition) is 7. The van der Waals surface area contributed by atoms with E-state index in [1.807, 2.05) is 6.07 Å². The summed E-state index contributed by atoms with van der Waals surface area (Å²) in [4.78, 5) is 22.7. The van der Waals surface area contributed by atoms with Gasteiger partial charge in [0.2, 0.25) is 5.78 Å². The Labute approximate surface area is 187 Å². The summed E-state index contributed by atoms with van der Waals surface area (Å²) in [7, 11) is -3.36. The predicted octanol–water partition coefficient (Wildman–Crippen LogP) is 3.66. The minimum atomic E-state index is -3.36. The van der Waals surface area contributed by atoms with Gasteiger partial charge >= 0.3 is 0 Å². The Bertz CT molecular complexity index is 1170. The molecule has 1 fully saturated rings. The molecule has 1 unspecified atom stereocenters. The van der Waals surface area contributed by atoms with E-state index in [9.17, 15) is 13.2 Å². The number of aromatic nitrogens is 1. The summed E-state index contributed by atoms with van der Waals surface area (Å²) in [5.41, 5.74) is 1.68. The van der Waals surface area contributed by atoms with Gasteiger partial charge < -0.3 is 4.90 Å². The van der Waals surface area contributed by atoms with Gasteiger partial charge in [-0.25, -0.2) is 13.4 Å². The van der Waals surface area contributed by atoms with Crippen molar-refractivity contribution in [2.24, 2.45) is 0 Å². The van der Waals surface area contributed by atoms with Crippen LogP contribution >= 0.6 is 11.3 Å². The summed E-state index contributed by atoms with van der Waals surface area (Å²) in [6.07, 6.45) is 2.73. The number of nitrogens with zero attached hydrogens (tertiary/aromatic N) is 3. The zero-order valence-electron chi connectivity index (χ0n) is 17.6. The Morgan fingerprint density at radius 2 is 1.74 bits per heavy atom. The van der Waals surface area contributed by atoms with Crippen molar-refractivity contribution < 1.29 is 13.2 Å². The van der Waals surface area contributed by atoms with Crippen LogP contribution in [0.25, 0.3) is 0 Å². The minimum Gasteiger partial charge on any atom is -0.346 e. The van der Waals surface area contributed by atoms with Crippen LogP contribution in [0.5, 0.6) is 0 Å². The van der Waals surface area contributed by atoms with Crippen molar-refractivity contribution >= 4 is 32.1 Å². The molecular formula is C23H25N3O3S2. The zero-order chi connectivity index (χ0) is 22.0. The summed E-state index contributed by atoms with van der Waals surface area (Å²) in [5.74, 6) is -0.203. The lowest BCUT2D eigenvalue weighted by Crippen LogP contribution is -2.47. The highest BCUT2D eigenvalue weighted by Gasteiger charge is 2.24. The third-order valence-electron chi connectivity index (χ3n) is 5.66. The van der Waals surface area contributed by atoms with Gasteiger partial charge in [-0.3, -0.25) is 9.69 Å². The summed E-state index contributed by atoms with van der Waals surface area (Å²) >= 11 is 1.36. The van der Waals surface area contributed by atoms with E-state index in [0.29, 0.717) is 16.5 Å². The lowest BCUT2D eigenvalue weighted by Gasteiger charge is -2.38. The number of sulfone groups is 1. The van der Waals surface area contributed by atoms with Gasteiger partial charge in [-0.2, -0.15) is 0 Å². The average molecular weight is 456 g/mol. The molecule has 3 aromatic rings. The SMILES string of the molecule is CC(c1ccccc1)N1CCN(c2ncc(C(=O)c3cccc(S(C)(=O)=O)c3)s2)CC1. The van der Waals surface area contributed by atoms with Crippen molar-refractivity contribution in [1.82, 2.24) is 9.88 Å². The van der Waals surface area contributed by atoms with Gasteiger partial charge in [0.05, 0.1) is 16.0 Å². The minimum absolute atomic E-state index is 0.145. The Kier molecular flexibility index (Phi) is 6.22. The Hall–Kier alpha value is -2.55. The van der Waals surface area contributed by atoms with Crippen LogP contribution in [0.2, 0.25) is 0 Å². The second-order valence-corrected chi connectivity index (χ2v) is 10.8. The van der Waals surface area contributed by atoms with E-state index in [1.54, 1.807) is 18.3 Å². The third-order valence-corrected chi connectivity index (χ3v) is 7.82. The fourth-order valence-corrected chi connectivity index (χ4v) is 5.37. The van der Waals surface area contributed by atoms with Crippen molar-refractivity contribution in [2.45, 2.75) is 17.9 Å². The van der Waals surface area contributed by atoms with Gasteiger partial charge in [0, 0.05) is 44.0 Å². The fourth-order valence-electron chi connectivity index (χ4n) is 3.77. The molecule has 0 amide bonds. The highest BCUT2D eigenvalue weighted by molar-refractivity contribution is 7.90. The molecular weight excluding hydrogens is 430 g/mol. The summed E-state index contributed by atoms with van der Waals surface area (Å²) in [6, 6.07) is 17.0. The monoisotopic (exact) mass is 455 g/mol. The fraction of sp³-hybridized carbons (Fsp3) is 0.304. The normalized spacial score (nSPS) is 16.3. The smallest absolute Gasteiger partial charge is 0.204 e. The number of carbonyl (C=O) groups excluding carboxylic acids is 1. The predicted molar refractivity (Wildman–Crippen MR) is 124 cm³/mol. The molecule has 1 atom stereocenters. The van der Waals surface area contributed by atoms with E-state index in [2.05, 4.69) is 46.0 Å². The molecule has 4 rings (SSSR count). The van der Waals surface area contributed by atoms with Crippen LogP contribution in [0.15, 0.2) is 65.7 Å². The van der Waals surface area contributed by atoms with Gasteiger partial charge in [-0.05, 0) is 24.6 Å². The average Bonchev–Trinajstić information content (AvgIpc) is 3.28. The quantitative estimate of drug-likeness (QED) is 0.529. The van der Waals surface area contributed by atoms with E-state index < -0.39 is 9.84 Å². The molecule has 1 aliphatic heterocycles. The highest BCUT2D eigenvalue weighted by Crippen LogP contribution is 2.28. The molecule has 0 saturated carbocycles. The van der Waals surface area contributed by atoms with Crippen molar-refractivity contribution in [3.05, 3.63) is 76.8 Å². The summed E-state index contributed by atoms with van der Waals surface area (Å²) < 4.78 is 23.6. The first-order valence-corrected chi connectivity index (χ1v) is 12.9. The molecule has 1 saturated heterocycles. The molecule has 0 radical (unpaired) electrons. The van der Waals surface area contributed by atoms with Crippen LogP contribution in [0.4, 0.5) is 5.13 Å². The Morgan fingerprint density at radius 1 is 1.03 bits per heavy atom. The molecule has 8 heteroatoms. The number of ketones is 1. The molecule has 1 aliphatic rings. The van der Waals surface area contributed by atoms with Crippen molar-refractivity contribution in [3.8, 4) is 0 Å². The molecule has 0 N–H and O–H groups in total. The van der Waals surface area contributed by atoms with Crippen molar-refractivity contribution in [3.63, 3.8) is 0 Å². The number of carbonyl (C=O) groups is 1. The zero-order valence-corrected chi connectivity index (χ0v) is 19.2. The molecule has 6 nitrogen and oxygen atoms in total. The number of piperazine rings is 1. The molecule has 162 valence electrons. The second kappa shape index (κ2) is 8.90. The van der Waals surface area contributed by atoms with Crippen molar-refractivity contribution in [2.75, 3.05) is 37.3 Å². The van der Waals surface area contributed by atoms with Gasteiger partial charge in [-0.15, -0.1) is 0 Å². The molecule has 2 heterocycles. The largest absolute Gasteiger partial charge is 0.346 e. The van der Waals surface area contributed by atoms with Gasteiger partial charge in [0.25, 0.3) is 0 Å². The second-order valence-electron chi connectivity index (χ2n) is 7.75. The van der Waals surface area contributed by atoms with E-state index >= 15 is 0 Å². The Morgan fingerprint density at radius 3 is 2.42 bits per heavy atom. The van der Waals surface area contributed by atoms with Crippen LogP contribution in [-0.2, 0) is 9.84 Å². The number of thiazole rings is 1. The number of hydrogen-bond donors (Lipinski definition) is 0. The first-order chi connectivity index (χ1) is 14.8. The number of benzene rings is 2. The van der Waals surface area contributed by atoms with Gasteiger partial charge in [-0.1, -0.05) is 53.8 Å². The first-order valence-electron chi connectivity index (χ1n) is 10.2. The number of anilines is 1. The first kappa shape index (κ1) is 21.7. The molecule has 0 spiro atoms. The molecule has 1 aromatic heterocycles. The summed E-state index contributed by atoms with van der Waals surface area (Å²) in [5, 5.41) is 0.828. The Balaban J connectivity index is 1.42. The molecule has 31 heavy (non-hydrogen) atoms. The standard InChI is InChI=1S/C23H25N3O3S2/c1-17(18-7-4-3-5-8-18)25-11-13-26(14-12-25)23-24-16-21(30-23)22(27)19-9-6-10-20(15-19)31(2,28)29/h3-10,15-17H,11-14H2,1-2H3. The maximum absolute atomic E-state index is 12.9. The van der Waals surface area contributed by atoms with E-state index in [4.69, 9.17) is 0 Å². The van der Waals surface area contributed by atoms with Gasteiger partial charge in [0.1, 0.15) is 0 Å². The van der Waals surface area contributed by atoms with Crippen LogP contribution < -0.4 is 4.90 Å². The lowest BCUT2D eigenvalue weighted by atomic mass is 10.1. The molecule has 2 aromatic carbocycles. The van der Waals surface area contributed by atoms with Crippen molar-refractivity contribution in [1.29, 1.82) is 0 Å². The lowest BCUT2D eigenvalue weighted by molar-refractivity contribution is 0.104. The summed E-state index contributed by atoms with van der Waals surface area (Å²) in [6.45, 7) is 5.78. The van der Waals surface area contributed by atoms with Crippen LogP contribution in [0, 0.1) is 0 Å². The topological polar surface area (TPSA) is 70.6 Å². The van der Waals surface area contributed by atoms with Crippen LogP contribution in [-0.4, -0.2) is 56.5 Å². The maximum atomic E-state index is 12.9. The maximum Gasteiger partial charge on any atom is 0.204 e. The van der Waals surface area contributed by atoms with Gasteiger partial charge in [0.15, 0.2) is 15.0 Å². The molecule has 0 aliphatic carbocycles. The van der Waals surface area contributed by atoms with E-state index in [0.717, 1.165) is 37.6 Å². The van der Waals surface area contributed by atoms with Crippen LogP contribution in [0.3, 0.4) is 0 Å². The van der Waals surface area contributed by atoms with E-state index in [1.165, 1.54) is 29.0 Å². The molecule has 0 bridgehead atoms.